The smallest absolute Gasteiger partial charge is 0.0544 e. The lowest BCUT2D eigenvalue weighted by Crippen LogP contribution is -2.03. The van der Waals surface area contributed by atoms with E-state index in [2.05, 4.69) is 494 Å². The Morgan fingerprint density at radius 2 is 0.432 bits per heavy atom. The highest BCUT2D eigenvalue weighted by Gasteiger charge is 2.39. The lowest BCUT2D eigenvalue weighted by molar-refractivity contribution is 0.983. The summed E-state index contributed by atoms with van der Waals surface area (Å²) < 4.78 is 4.91. The number of fused-ring (bicyclic) bond motifs is 21. The van der Waals surface area contributed by atoms with Gasteiger partial charge in [-0.2, -0.15) is 0 Å². The second kappa shape index (κ2) is 30.5. The molecular formula is C130H84N2. The summed E-state index contributed by atoms with van der Waals surface area (Å²) in [5.41, 5.74) is 46.5. The molecule has 28 rings (SSSR count). The molecule has 0 amide bonds. The molecule has 0 fully saturated rings. The van der Waals surface area contributed by atoms with E-state index in [0.717, 1.165) is 5.69 Å². The van der Waals surface area contributed by atoms with Crippen molar-refractivity contribution in [3.63, 3.8) is 0 Å². The molecule has 4 unspecified atom stereocenters. The third kappa shape index (κ3) is 12.2. The fourth-order valence-corrected chi connectivity index (χ4v) is 23.1. The Morgan fingerprint density at radius 1 is 0.129 bits per heavy atom. The van der Waals surface area contributed by atoms with Crippen molar-refractivity contribution in [1.82, 2.24) is 9.13 Å². The summed E-state index contributed by atoms with van der Waals surface area (Å²) in [6.07, 6.45) is 0. The average Bonchev–Trinajstić information content (AvgIpc) is 1.55. The standard InChI is InChI=1S/C67H44.C63H40N2/c1-3-13-42(14-4-1)45-23-28-47(29-24-45)65-55-21-11-9-19-53(55)59-38-50(33-35-57(59)65)51-34-36-58-60(39-51)62-40-61-54-20-10-12-22-56(54)66(48-30-25-46(26-31-48)43-15-5-2-6-16-43)63(61)41-64(62)67(58)52-32-27-44-17-7-8-18-49(44)37-52;1-2-12-40(13-3-1)43-24-29-49(30-25-43)64-59-21-11-10-19-52(59)55-36-46(27-32-60(55)64)47-28-33-61-56(37-47)57-38-54-51-18-8-9-20-53(51)63(48-23-22-41-14-4-6-16-44(41)34-48)58(54)39-62(57)65(61)50-31-26-42-15-5-7-17-45(42)35-50/h1-41,65-67H;1-39,63H. The van der Waals surface area contributed by atoms with Crippen LogP contribution < -0.4 is 0 Å². The molecule has 0 radical (unpaired) electrons. The average molecular weight is 1670 g/mol. The number of hydrogen-bond acceptors (Lipinski definition) is 0. The van der Waals surface area contributed by atoms with E-state index in [1.54, 1.807) is 0 Å². The molecule has 2 heterocycles. The van der Waals surface area contributed by atoms with Crippen LogP contribution in [0.1, 0.15) is 90.4 Å². The van der Waals surface area contributed by atoms with Gasteiger partial charge in [-0.05, 0) is 284 Å². The third-order valence-corrected chi connectivity index (χ3v) is 29.3. The highest BCUT2D eigenvalue weighted by atomic mass is 15.0. The molecule has 2 aromatic heterocycles. The third-order valence-electron chi connectivity index (χ3n) is 29.3. The quantitative estimate of drug-likeness (QED) is 0.122. The van der Waals surface area contributed by atoms with E-state index in [0.29, 0.717) is 0 Å². The number of hydrogen-bond donors (Lipinski definition) is 0. The number of rotatable bonds is 11. The summed E-state index contributed by atoms with van der Waals surface area (Å²) in [4.78, 5) is 0. The molecule has 0 aliphatic heterocycles. The Labute approximate surface area is 766 Å². The first kappa shape index (κ1) is 75.4. The minimum atomic E-state index is 0.111. The van der Waals surface area contributed by atoms with Gasteiger partial charge < -0.3 is 9.13 Å². The van der Waals surface area contributed by atoms with Crippen LogP contribution in [-0.2, 0) is 0 Å². The molecule has 4 atom stereocenters. The number of aromatic nitrogens is 2. The molecule has 22 aromatic carbocycles. The van der Waals surface area contributed by atoms with Crippen molar-refractivity contribution in [3.05, 3.63) is 552 Å². The molecule has 2 heteroatoms. The molecular weight excluding hydrogens is 1590 g/mol. The first-order chi connectivity index (χ1) is 65.4. The predicted octanol–water partition coefficient (Wildman–Crippen LogP) is 34.0. The van der Waals surface area contributed by atoms with Crippen LogP contribution in [0.15, 0.2) is 485 Å². The van der Waals surface area contributed by atoms with E-state index < -0.39 is 0 Å². The fourth-order valence-electron chi connectivity index (χ4n) is 23.1. The van der Waals surface area contributed by atoms with Gasteiger partial charge in [0.1, 0.15) is 0 Å². The van der Waals surface area contributed by atoms with E-state index in [1.165, 1.54) is 249 Å². The van der Waals surface area contributed by atoms with Gasteiger partial charge in [0.15, 0.2) is 0 Å². The summed E-state index contributed by atoms with van der Waals surface area (Å²) in [5.74, 6) is 0.581. The minimum absolute atomic E-state index is 0.111. The summed E-state index contributed by atoms with van der Waals surface area (Å²) in [5, 5.41) is 12.6. The highest BCUT2D eigenvalue weighted by molar-refractivity contribution is 6.15. The van der Waals surface area contributed by atoms with E-state index in [1.807, 2.05) is 0 Å². The maximum atomic E-state index is 2.58. The molecule has 2 nitrogen and oxygen atoms in total. The summed E-state index contributed by atoms with van der Waals surface area (Å²) in [7, 11) is 0. The Morgan fingerprint density at radius 3 is 0.939 bits per heavy atom. The predicted molar refractivity (Wildman–Crippen MR) is 553 cm³/mol. The van der Waals surface area contributed by atoms with Crippen LogP contribution in [0.2, 0.25) is 0 Å². The van der Waals surface area contributed by atoms with Crippen molar-refractivity contribution in [1.29, 1.82) is 0 Å². The Bertz CT molecular complexity index is 8810. The van der Waals surface area contributed by atoms with Crippen molar-refractivity contribution in [2.45, 2.75) is 23.7 Å². The van der Waals surface area contributed by atoms with E-state index in [4.69, 9.17) is 0 Å². The van der Waals surface area contributed by atoms with Gasteiger partial charge in [-0.15, -0.1) is 0 Å². The maximum Gasteiger partial charge on any atom is 0.0544 e. The van der Waals surface area contributed by atoms with Crippen LogP contribution in [0, 0.1) is 0 Å². The maximum absolute atomic E-state index is 2.58. The molecule has 4 aliphatic carbocycles. The minimum Gasteiger partial charge on any atom is -0.309 e. The van der Waals surface area contributed by atoms with Crippen LogP contribution in [0.4, 0.5) is 0 Å². The molecule has 0 saturated carbocycles. The molecule has 0 bridgehead atoms. The number of para-hydroxylation sites is 1. The second-order valence-corrected chi connectivity index (χ2v) is 36.4. The Hall–Kier alpha value is -16.8. The van der Waals surface area contributed by atoms with Gasteiger partial charge in [-0.1, -0.05) is 400 Å². The topological polar surface area (TPSA) is 9.86 Å². The van der Waals surface area contributed by atoms with E-state index >= 15 is 0 Å². The zero-order valence-electron chi connectivity index (χ0n) is 72.4. The Kier molecular flexibility index (Phi) is 17.4. The molecule has 132 heavy (non-hydrogen) atoms. The zero-order chi connectivity index (χ0) is 86.6. The first-order valence-corrected chi connectivity index (χ1v) is 46.3. The fraction of sp³-hybridized carbons (Fsp3) is 0.0308. The van der Waals surface area contributed by atoms with E-state index in [-0.39, 0.29) is 23.7 Å². The van der Waals surface area contributed by atoms with E-state index in [9.17, 15) is 0 Å². The molecule has 24 aromatic rings. The summed E-state index contributed by atoms with van der Waals surface area (Å²) in [6.45, 7) is 0. The lowest BCUT2D eigenvalue weighted by Gasteiger charge is -2.19. The van der Waals surface area contributed by atoms with Gasteiger partial charge in [0.2, 0.25) is 0 Å². The molecule has 0 N–H and O–H groups in total. The number of benzene rings is 22. The van der Waals surface area contributed by atoms with Crippen LogP contribution >= 0.6 is 0 Å². The molecule has 614 valence electrons. The SMILES string of the molecule is c1ccc(-c2ccc(-n3c4ccccc4c4cc(-c5ccc6c(c5)c5cc7c(cc5n6-c5ccc6ccccc6c5)C(c5ccc6ccccc6c5)c5ccccc5-7)ccc43)cc2)cc1.c1ccc(-c2ccc(C3c4ccccc4-c4cc(-c5ccc6c(c5)-c5cc7c(cc5C6c5ccc6ccccc6c5)C(c5ccc(-c6ccccc6)cc5)c5ccccc5-7)ccc43)cc2)cc1. The molecule has 4 aliphatic rings. The van der Waals surface area contributed by atoms with Gasteiger partial charge in [0.05, 0.1) is 22.1 Å². The van der Waals surface area contributed by atoms with Crippen molar-refractivity contribution >= 4 is 75.9 Å². The molecule has 0 spiro atoms. The summed E-state index contributed by atoms with van der Waals surface area (Å²) >= 11 is 0. The molecule has 0 saturated heterocycles. The van der Waals surface area contributed by atoms with Crippen LogP contribution in [0.5, 0.6) is 0 Å². The normalized spacial score (nSPS) is 14.7. The van der Waals surface area contributed by atoms with Crippen LogP contribution in [0.25, 0.3) is 187 Å². The lowest BCUT2D eigenvalue weighted by atomic mass is 9.84. The van der Waals surface area contributed by atoms with Crippen molar-refractivity contribution in [2.24, 2.45) is 0 Å². The second-order valence-electron chi connectivity index (χ2n) is 36.4. The van der Waals surface area contributed by atoms with Gasteiger partial charge in [-0.3, -0.25) is 0 Å². The number of nitrogens with zero attached hydrogens (tertiary/aromatic N) is 2. The van der Waals surface area contributed by atoms with Crippen LogP contribution in [-0.4, -0.2) is 9.13 Å². The zero-order valence-corrected chi connectivity index (χ0v) is 72.4. The van der Waals surface area contributed by atoms with Crippen molar-refractivity contribution in [3.8, 4) is 112 Å². The van der Waals surface area contributed by atoms with Crippen LogP contribution in [0.3, 0.4) is 0 Å². The first-order valence-electron chi connectivity index (χ1n) is 46.3. The van der Waals surface area contributed by atoms with Gasteiger partial charge >= 0.3 is 0 Å². The monoisotopic (exact) mass is 1670 g/mol. The van der Waals surface area contributed by atoms with Gasteiger partial charge in [-0.25, -0.2) is 0 Å². The van der Waals surface area contributed by atoms with Crippen molar-refractivity contribution < 1.29 is 0 Å². The summed E-state index contributed by atoms with van der Waals surface area (Å²) in [6, 6.07) is 181. The largest absolute Gasteiger partial charge is 0.309 e. The van der Waals surface area contributed by atoms with Gasteiger partial charge in [0, 0.05) is 56.6 Å². The Balaban J connectivity index is 0.000000135. The van der Waals surface area contributed by atoms with Gasteiger partial charge in [0.25, 0.3) is 0 Å². The highest BCUT2D eigenvalue weighted by Crippen LogP contribution is 2.59. The van der Waals surface area contributed by atoms with Crippen molar-refractivity contribution in [2.75, 3.05) is 0 Å².